The number of carbonyl (C=O) groups is 3. The maximum Gasteiger partial charge on any atom is 0.303 e. The molecule has 0 atom stereocenters. The molecule has 1 amide bonds. The number of hydrogen-bond acceptors (Lipinski definition) is 8. The standard InChI is InChI=1S/C25H31N3O8S/c1-2-4-21(30)20(22(31)11-12-29)14-17-5-3-6-19(13-17)28-37(35,36)24-9-7-18(16-27-24)15-26-23(32)8-10-25(33)34/h3,5-7,9,13,16,28-29,31H,2,4,8,10-12,14-15H2,1H3,(H,26,32)(H,33,34)/b22-20+. The maximum atomic E-state index is 12.8. The number of aliphatic hydroxyl groups excluding tert-OH is 2. The number of nitrogens with zero attached hydrogens (tertiary/aromatic N) is 1. The number of hydrogen-bond donors (Lipinski definition) is 5. The lowest BCUT2D eigenvalue weighted by Gasteiger charge is -2.12. The summed E-state index contributed by atoms with van der Waals surface area (Å²) < 4.78 is 28.1. The largest absolute Gasteiger partial charge is 0.512 e. The van der Waals surface area contributed by atoms with Crippen LogP contribution >= 0.6 is 0 Å². The SMILES string of the molecule is CCCC(=O)/C(Cc1cccc(NS(=O)(=O)c2ccc(CNC(=O)CCC(=O)O)cn2)c1)=C(/O)CCO. The van der Waals surface area contributed by atoms with Gasteiger partial charge in [0.25, 0.3) is 10.0 Å². The Hall–Kier alpha value is -3.77. The monoisotopic (exact) mass is 533 g/mol. The van der Waals surface area contributed by atoms with E-state index in [-0.39, 0.29) is 73.1 Å². The predicted molar refractivity (Wildman–Crippen MR) is 135 cm³/mol. The first-order valence-corrected chi connectivity index (χ1v) is 13.1. The molecule has 0 aliphatic heterocycles. The quantitative estimate of drug-likeness (QED) is 0.169. The minimum absolute atomic E-state index is 0.0508. The summed E-state index contributed by atoms with van der Waals surface area (Å²) in [6.07, 6.45) is 1.70. The lowest BCUT2D eigenvalue weighted by molar-refractivity contribution is -0.138. The molecule has 0 saturated carbocycles. The van der Waals surface area contributed by atoms with Gasteiger partial charge in [-0.05, 0) is 35.7 Å². The summed E-state index contributed by atoms with van der Waals surface area (Å²) >= 11 is 0. The number of pyridine rings is 1. The van der Waals surface area contributed by atoms with E-state index in [0.717, 1.165) is 0 Å². The van der Waals surface area contributed by atoms with Crippen molar-refractivity contribution >= 4 is 33.4 Å². The fourth-order valence-corrected chi connectivity index (χ4v) is 4.32. The molecule has 1 aromatic heterocycles. The number of amides is 1. The van der Waals surface area contributed by atoms with Crippen LogP contribution in [-0.4, -0.2) is 53.0 Å². The third kappa shape index (κ3) is 9.66. The number of aliphatic carboxylic acids is 1. The summed E-state index contributed by atoms with van der Waals surface area (Å²) in [5, 5.41) is 30.3. The molecule has 0 bridgehead atoms. The van der Waals surface area contributed by atoms with Gasteiger partial charge in [0.1, 0.15) is 5.76 Å². The Bertz CT molecular complexity index is 1240. The Kier molecular flexibility index (Phi) is 11.2. The molecule has 0 spiro atoms. The Morgan fingerprint density at radius 2 is 1.73 bits per heavy atom. The van der Waals surface area contributed by atoms with E-state index >= 15 is 0 Å². The molecule has 1 heterocycles. The van der Waals surface area contributed by atoms with Crippen molar-refractivity contribution in [2.45, 2.75) is 57.0 Å². The molecular weight excluding hydrogens is 502 g/mol. The van der Waals surface area contributed by atoms with Gasteiger partial charge in [-0.25, -0.2) is 4.98 Å². The number of aromatic nitrogens is 1. The van der Waals surface area contributed by atoms with E-state index in [1.54, 1.807) is 18.2 Å². The summed E-state index contributed by atoms with van der Waals surface area (Å²) in [5.41, 5.74) is 1.54. The van der Waals surface area contributed by atoms with Crippen molar-refractivity contribution in [2.75, 3.05) is 11.3 Å². The number of rotatable bonds is 15. The zero-order chi connectivity index (χ0) is 27.4. The van der Waals surface area contributed by atoms with E-state index in [0.29, 0.717) is 17.5 Å². The molecule has 200 valence electrons. The smallest absolute Gasteiger partial charge is 0.303 e. The molecule has 37 heavy (non-hydrogen) atoms. The van der Waals surface area contributed by atoms with Gasteiger partial charge in [0.2, 0.25) is 5.91 Å². The second kappa shape index (κ2) is 14.1. The van der Waals surface area contributed by atoms with Crippen LogP contribution in [0.25, 0.3) is 0 Å². The van der Waals surface area contributed by atoms with E-state index in [4.69, 9.17) is 10.2 Å². The highest BCUT2D eigenvalue weighted by Crippen LogP contribution is 2.21. The number of allylic oxidation sites excluding steroid dienone is 1. The molecule has 0 aliphatic carbocycles. The van der Waals surface area contributed by atoms with E-state index in [9.17, 15) is 27.9 Å². The fourth-order valence-electron chi connectivity index (χ4n) is 3.34. The van der Waals surface area contributed by atoms with Crippen LogP contribution in [0.3, 0.4) is 0 Å². The molecule has 2 aromatic rings. The van der Waals surface area contributed by atoms with Crippen LogP contribution in [0.2, 0.25) is 0 Å². The van der Waals surface area contributed by atoms with Crippen LogP contribution in [-0.2, 0) is 37.4 Å². The van der Waals surface area contributed by atoms with Crippen molar-refractivity contribution in [3.05, 3.63) is 65.1 Å². The molecule has 11 nitrogen and oxygen atoms in total. The van der Waals surface area contributed by atoms with Crippen molar-refractivity contribution in [1.29, 1.82) is 0 Å². The summed E-state index contributed by atoms with van der Waals surface area (Å²) in [4.78, 5) is 38.6. The van der Waals surface area contributed by atoms with Gasteiger partial charge in [-0.2, -0.15) is 8.42 Å². The van der Waals surface area contributed by atoms with Gasteiger partial charge in [-0.15, -0.1) is 0 Å². The van der Waals surface area contributed by atoms with Crippen molar-refractivity contribution in [3.63, 3.8) is 0 Å². The van der Waals surface area contributed by atoms with Gasteiger partial charge in [0.15, 0.2) is 10.8 Å². The average Bonchev–Trinajstić information content (AvgIpc) is 2.85. The summed E-state index contributed by atoms with van der Waals surface area (Å²) in [6.45, 7) is 1.60. The molecule has 2 rings (SSSR count). The summed E-state index contributed by atoms with van der Waals surface area (Å²) in [6, 6.07) is 9.15. The van der Waals surface area contributed by atoms with Crippen molar-refractivity contribution in [1.82, 2.24) is 10.3 Å². The van der Waals surface area contributed by atoms with Crippen LogP contribution in [0.1, 0.15) is 50.2 Å². The van der Waals surface area contributed by atoms with Crippen LogP contribution in [0.15, 0.2) is 59.0 Å². The number of carbonyl (C=O) groups excluding carboxylic acids is 2. The van der Waals surface area contributed by atoms with Crippen molar-refractivity contribution in [3.8, 4) is 0 Å². The number of sulfonamides is 1. The first kappa shape index (κ1) is 29.5. The number of anilines is 1. The van der Waals surface area contributed by atoms with Crippen molar-refractivity contribution < 1.29 is 38.1 Å². The lowest BCUT2D eigenvalue weighted by Crippen LogP contribution is -2.23. The molecule has 0 fully saturated rings. The third-order valence-corrected chi connectivity index (χ3v) is 6.50. The number of ketones is 1. The van der Waals surface area contributed by atoms with Gasteiger partial charge in [-0.1, -0.05) is 25.1 Å². The Morgan fingerprint density at radius 1 is 0.973 bits per heavy atom. The zero-order valence-corrected chi connectivity index (χ0v) is 21.3. The number of benzene rings is 1. The van der Waals surface area contributed by atoms with E-state index in [1.165, 1.54) is 24.4 Å². The van der Waals surface area contributed by atoms with Crippen LogP contribution in [0.5, 0.6) is 0 Å². The molecule has 12 heteroatoms. The van der Waals surface area contributed by atoms with Gasteiger partial charge in [0.05, 0.1) is 13.0 Å². The fraction of sp³-hybridized carbons (Fsp3) is 0.360. The molecule has 0 saturated heterocycles. The van der Waals surface area contributed by atoms with Gasteiger partial charge in [-0.3, -0.25) is 19.1 Å². The molecule has 0 aliphatic rings. The molecule has 0 unspecified atom stereocenters. The van der Waals surface area contributed by atoms with E-state index in [1.807, 2.05) is 6.92 Å². The second-order valence-electron chi connectivity index (χ2n) is 8.23. The topological polar surface area (TPSA) is 183 Å². The number of carboxylic acids is 1. The van der Waals surface area contributed by atoms with Gasteiger partial charge >= 0.3 is 5.97 Å². The predicted octanol–water partition coefficient (Wildman–Crippen LogP) is 2.47. The van der Waals surface area contributed by atoms with Crippen LogP contribution in [0, 0.1) is 0 Å². The maximum absolute atomic E-state index is 12.8. The van der Waals surface area contributed by atoms with E-state index < -0.39 is 21.9 Å². The Labute approximate surface area is 215 Å². The number of nitrogens with one attached hydrogen (secondary N) is 2. The van der Waals surface area contributed by atoms with Gasteiger partial charge in [0, 0.05) is 49.7 Å². The number of carboxylic acid groups (broad SMARTS) is 1. The first-order chi connectivity index (χ1) is 17.6. The highest BCUT2D eigenvalue weighted by Gasteiger charge is 2.18. The number of aliphatic hydroxyl groups is 2. The Balaban J connectivity index is 2.10. The lowest BCUT2D eigenvalue weighted by atomic mass is 9.97. The Morgan fingerprint density at radius 3 is 2.35 bits per heavy atom. The minimum Gasteiger partial charge on any atom is -0.512 e. The van der Waals surface area contributed by atoms with Crippen molar-refractivity contribution in [2.24, 2.45) is 0 Å². The highest BCUT2D eigenvalue weighted by atomic mass is 32.2. The third-order valence-electron chi connectivity index (χ3n) is 5.20. The van der Waals surface area contributed by atoms with E-state index in [2.05, 4.69) is 15.0 Å². The molecule has 0 radical (unpaired) electrons. The number of Topliss-reactive ketones (excluding diaryl/α,β-unsaturated/α-hetero) is 1. The average molecular weight is 534 g/mol. The molecule has 5 N–H and O–H groups in total. The zero-order valence-electron chi connectivity index (χ0n) is 20.4. The minimum atomic E-state index is -4.05. The first-order valence-electron chi connectivity index (χ1n) is 11.7. The highest BCUT2D eigenvalue weighted by molar-refractivity contribution is 7.92. The normalized spacial score (nSPS) is 11.9. The second-order valence-corrected chi connectivity index (χ2v) is 9.86. The summed E-state index contributed by atoms with van der Waals surface area (Å²) in [7, 11) is -4.05. The van der Waals surface area contributed by atoms with Crippen LogP contribution < -0.4 is 10.0 Å². The molecular formula is C25H31N3O8S. The van der Waals surface area contributed by atoms with Crippen LogP contribution in [0.4, 0.5) is 5.69 Å². The van der Waals surface area contributed by atoms with Gasteiger partial charge < -0.3 is 20.6 Å². The summed E-state index contributed by atoms with van der Waals surface area (Å²) in [5.74, 6) is -1.94. The molecule has 1 aromatic carbocycles.